The molecule has 0 bridgehead atoms. The summed E-state index contributed by atoms with van der Waals surface area (Å²) in [5.41, 5.74) is 4.15. The predicted octanol–water partition coefficient (Wildman–Crippen LogP) is 4.65. The van der Waals surface area contributed by atoms with Gasteiger partial charge in [-0.2, -0.15) is 5.10 Å². The van der Waals surface area contributed by atoms with E-state index in [0.29, 0.717) is 13.0 Å². The molecular formula is C21H21N5O3S. The van der Waals surface area contributed by atoms with Gasteiger partial charge in [0.15, 0.2) is 0 Å². The van der Waals surface area contributed by atoms with Crippen LogP contribution in [0.1, 0.15) is 29.5 Å². The van der Waals surface area contributed by atoms with Crippen molar-refractivity contribution in [2.24, 2.45) is 0 Å². The van der Waals surface area contributed by atoms with E-state index in [2.05, 4.69) is 31.5 Å². The van der Waals surface area contributed by atoms with Crippen LogP contribution in [0.5, 0.6) is 0 Å². The lowest BCUT2D eigenvalue weighted by atomic mass is 9.94. The third-order valence-corrected chi connectivity index (χ3v) is 6.49. The summed E-state index contributed by atoms with van der Waals surface area (Å²) in [4.78, 5) is 22.8. The topological polar surface area (TPSA) is 102 Å². The van der Waals surface area contributed by atoms with Gasteiger partial charge in [0.25, 0.3) is 0 Å². The number of aromatic nitrogens is 4. The van der Waals surface area contributed by atoms with Crippen LogP contribution in [0.25, 0.3) is 21.1 Å². The summed E-state index contributed by atoms with van der Waals surface area (Å²) in [6.07, 6.45) is 3.06. The number of hydrogen-bond donors (Lipinski definition) is 2. The third-order valence-electron chi connectivity index (χ3n) is 5.33. The number of aryl methyl sites for hydroxylation is 2. The van der Waals surface area contributed by atoms with Crippen molar-refractivity contribution in [3.63, 3.8) is 0 Å². The van der Waals surface area contributed by atoms with E-state index in [4.69, 9.17) is 9.47 Å². The second-order valence-electron chi connectivity index (χ2n) is 7.28. The molecular weight excluding hydrogens is 402 g/mol. The number of anilines is 2. The fourth-order valence-corrected chi connectivity index (χ4v) is 5.17. The van der Waals surface area contributed by atoms with Gasteiger partial charge in [-0.1, -0.05) is 0 Å². The number of benzene rings is 1. The lowest BCUT2D eigenvalue weighted by molar-refractivity contribution is 0.0223. The van der Waals surface area contributed by atoms with Crippen LogP contribution in [0.4, 0.5) is 16.3 Å². The average Bonchev–Trinajstić information content (AvgIpc) is 3.29. The fraction of sp³-hybridized carbons (Fsp3) is 0.333. The fourth-order valence-electron chi connectivity index (χ4n) is 3.92. The highest BCUT2D eigenvalue weighted by molar-refractivity contribution is 7.19. The molecule has 4 aromatic rings. The molecule has 0 saturated carbocycles. The Balaban J connectivity index is 1.45. The highest BCUT2D eigenvalue weighted by atomic mass is 32.1. The van der Waals surface area contributed by atoms with Crippen LogP contribution in [-0.2, 0) is 22.3 Å². The van der Waals surface area contributed by atoms with Gasteiger partial charge in [0, 0.05) is 28.1 Å². The Bertz CT molecular complexity index is 1250. The maximum atomic E-state index is 11.7. The van der Waals surface area contributed by atoms with Crippen molar-refractivity contribution in [2.75, 3.05) is 11.9 Å². The van der Waals surface area contributed by atoms with Gasteiger partial charge in [-0.15, -0.1) is 11.3 Å². The summed E-state index contributed by atoms with van der Waals surface area (Å²) < 4.78 is 10.4. The molecule has 0 radical (unpaired) electrons. The number of aromatic amines is 1. The van der Waals surface area contributed by atoms with Crippen LogP contribution in [0.15, 0.2) is 24.5 Å². The number of H-pyrrole nitrogens is 1. The minimum atomic E-state index is -0.598. The Morgan fingerprint density at radius 2 is 2.27 bits per heavy atom. The highest BCUT2D eigenvalue weighted by Gasteiger charge is 2.27. The smallest absolute Gasteiger partial charge is 0.435 e. The van der Waals surface area contributed by atoms with E-state index in [-0.39, 0.29) is 6.10 Å². The minimum Gasteiger partial charge on any atom is -0.435 e. The van der Waals surface area contributed by atoms with Gasteiger partial charge in [0.1, 0.15) is 23.1 Å². The molecule has 1 aliphatic rings. The van der Waals surface area contributed by atoms with Crippen molar-refractivity contribution < 1.29 is 14.3 Å². The van der Waals surface area contributed by atoms with Crippen molar-refractivity contribution in [3.8, 4) is 0 Å². The van der Waals surface area contributed by atoms with E-state index >= 15 is 0 Å². The van der Waals surface area contributed by atoms with Gasteiger partial charge in [-0.25, -0.2) is 14.8 Å². The number of thiophene rings is 1. The molecule has 0 amide bonds. The molecule has 0 aliphatic heterocycles. The number of hydrogen-bond acceptors (Lipinski definition) is 8. The second kappa shape index (κ2) is 7.56. The zero-order chi connectivity index (χ0) is 20.7. The van der Waals surface area contributed by atoms with Gasteiger partial charge in [0.2, 0.25) is 0 Å². The summed E-state index contributed by atoms with van der Waals surface area (Å²) in [5.74, 6) is 0.794. The summed E-state index contributed by atoms with van der Waals surface area (Å²) in [6.45, 7) is 4.09. The Hall–Kier alpha value is -3.20. The van der Waals surface area contributed by atoms with Crippen LogP contribution in [0, 0.1) is 6.92 Å². The standard InChI is InChI=1S/C21H21N5O3S/c1-3-28-21(27)29-13-5-6-14-17(9-13)30-20-18(14)19(22-10-23-20)24-12-4-7-16-15(8-12)11(2)25-26-16/h4,7-8,10,13H,3,5-6,9H2,1-2H3,(H,25,26)(H,22,23,24). The van der Waals surface area contributed by atoms with Crippen LogP contribution >= 0.6 is 11.3 Å². The zero-order valence-corrected chi connectivity index (χ0v) is 17.5. The SMILES string of the molecule is CCOC(=O)OC1CCc2c(sc3ncnc(Nc4ccc5n[nH]c(C)c5c4)c23)C1. The Kier molecular flexibility index (Phi) is 4.74. The van der Waals surface area contributed by atoms with Gasteiger partial charge < -0.3 is 14.8 Å². The number of nitrogens with one attached hydrogen (secondary N) is 2. The molecule has 0 saturated heterocycles. The zero-order valence-electron chi connectivity index (χ0n) is 16.7. The van der Waals surface area contributed by atoms with Crippen molar-refractivity contribution in [2.45, 2.75) is 39.2 Å². The number of ether oxygens (including phenoxy) is 2. The van der Waals surface area contributed by atoms with E-state index in [0.717, 1.165) is 51.2 Å². The molecule has 1 aliphatic carbocycles. The molecule has 2 N–H and O–H groups in total. The third kappa shape index (κ3) is 3.35. The second-order valence-corrected chi connectivity index (χ2v) is 8.36. The first-order valence-electron chi connectivity index (χ1n) is 9.92. The van der Waals surface area contributed by atoms with Gasteiger partial charge in [-0.3, -0.25) is 5.10 Å². The van der Waals surface area contributed by atoms with Crippen LogP contribution < -0.4 is 5.32 Å². The van der Waals surface area contributed by atoms with Gasteiger partial charge in [-0.05, 0) is 50.5 Å². The predicted molar refractivity (Wildman–Crippen MR) is 115 cm³/mol. The van der Waals surface area contributed by atoms with E-state index in [1.807, 2.05) is 19.1 Å². The van der Waals surface area contributed by atoms with E-state index < -0.39 is 6.16 Å². The normalized spacial score (nSPS) is 15.9. The molecule has 1 atom stereocenters. The van der Waals surface area contributed by atoms with E-state index in [9.17, 15) is 4.79 Å². The van der Waals surface area contributed by atoms with Crippen molar-refractivity contribution in [1.29, 1.82) is 0 Å². The minimum absolute atomic E-state index is 0.166. The molecule has 154 valence electrons. The monoisotopic (exact) mass is 423 g/mol. The quantitative estimate of drug-likeness (QED) is 0.461. The average molecular weight is 423 g/mol. The summed E-state index contributed by atoms with van der Waals surface area (Å²) in [6, 6.07) is 6.06. The lowest BCUT2D eigenvalue weighted by Gasteiger charge is -2.22. The molecule has 9 heteroatoms. The first kappa shape index (κ1) is 18.8. The maximum Gasteiger partial charge on any atom is 0.508 e. The van der Waals surface area contributed by atoms with E-state index in [1.165, 1.54) is 10.4 Å². The Morgan fingerprint density at radius 3 is 3.13 bits per heavy atom. The molecule has 5 rings (SSSR count). The van der Waals surface area contributed by atoms with Crippen LogP contribution in [0.3, 0.4) is 0 Å². The summed E-state index contributed by atoms with van der Waals surface area (Å²) in [7, 11) is 0. The van der Waals surface area contributed by atoms with Crippen molar-refractivity contribution in [3.05, 3.63) is 40.7 Å². The molecule has 1 unspecified atom stereocenters. The number of nitrogens with zero attached hydrogens (tertiary/aromatic N) is 3. The number of carbonyl (C=O) groups excluding carboxylic acids is 1. The molecule has 8 nitrogen and oxygen atoms in total. The molecule has 3 heterocycles. The van der Waals surface area contributed by atoms with Gasteiger partial charge >= 0.3 is 6.16 Å². The maximum absolute atomic E-state index is 11.7. The van der Waals surface area contributed by atoms with Crippen molar-refractivity contribution >= 4 is 50.1 Å². The number of carbonyl (C=O) groups is 1. The Morgan fingerprint density at radius 1 is 1.37 bits per heavy atom. The largest absolute Gasteiger partial charge is 0.508 e. The molecule has 30 heavy (non-hydrogen) atoms. The first-order chi connectivity index (χ1) is 14.6. The summed E-state index contributed by atoms with van der Waals surface area (Å²) >= 11 is 1.64. The van der Waals surface area contributed by atoms with Gasteiger partial charge in [0.05, 0.1) is 17.5 Å². The van der Waals surface area contributed by atoms with Crippen LogP contribution in [0.2, 0.25) is 0 Å². The van der Waals surface area contributed by atoms with E-state index in [1.54, 1.807) is 24.6 Å². The molecule has 0 spiro atoms. The van der Waals surface area contributed by atoms with Crippen LogP contribution in [-0.4, -0.2) is 39.0 Å². The summed E-state index contributed by atoms with van der Waals surface area (Å²) in [5, 5.41) is 12.9. The molecule has 0 fully saturated rings. The molecule has 3 aromatic heterocycles. The number of fused-ring (bicyclic) bond motifs is 4. The van der Waals surface area contributed by atoms with Crippen molar-refractivity contribution in [1.82, 2.24) is 20.2 Å². The first-order valence-corrected chi connectivity index (χ1v) is 10.7. The number of rotatable bonds is 4. The lowest BCUT2D eigenvalue weighted by Crippen LogP contribution is -2.25. The Labute approximate surface area is 176 Å². The molecule has 1 aromatic carbocycles. The highest BCUT2D eigenvalue weighted by Crippen LogP contribution is 2.39.